The first-order valence-corrected chi connectivity index (χ1v) is 11.7. The number of urea groups is 1. The maximum absolute atomic E-state index is 13.1. The van der Waals surface area contributed by atoms with Crippen LogP contribution in [0.1, 0.15) is 11.1 Å². The van der Waals surface area contributed by atoms with Crippen LogP contribution in [0.4, 0.5) is 10.5 Å². The van der Waals surface area contributed by atoms with E-state index < -0.39 is 17.8 Å². The van der Waals surface area contributed by atoms with Crippen LogP contribution in [0.5, 0.6) is 11.5 Å². The Morgan fingerprint density at radius 1 is 0.971 bits per heavy atom. The second-order valence-electron chi connectivity index (χ2n) is 7.25. The van der Waals surface area contributed by atoms with Gasteiger partial charge in [0.05, 0.1) is 17.3 Å². The predicted octanol–water partition coefficient (Wildman–Crippen LogP) is 5.47. The summed E-state index contributed by atoms with van der Waals surface area (Å²) in [6, 6.07) is 18.9. The number of ether oxygens (including phenoxy) is 2. The number of nitrogens with zero attached hydrogens (tertiary/aromatic N) is 1. The molecule has 172 valence electrons. The predicted molar refractivity (Wildman–Crippen MR) is 135 cm³/mol. The molecular formula is C25H18Br2N2O5. The lowest BCUT2D eigenvalue weighted by atomic mass is 10.1. The third kappa shape index (κ3) is 5.05. The van der Waals surface area contributed by atoms with E-state index in [0.29, 0.717) is 38.3 Å². The maximum atomic E-state index is 13.1. The molecule has 3 aromatic carbocycles. The van der Waals surface area contributed by atoms with Gasteiger partial charge in [-0.2, -0.15) is 0 Å². The van der Waals surface area contributed by atoms with E-state index in [1.807, 2.05) is 30.3 Å². The van der Waals surface area contributed by atoms with E-state index in [1.54, 1.807) is 36.4 Å². The number of hydrogen-bond donors (Lipinski definition) is 1. The fourth-order valence-corrected chi connectivity index (χ4v) is 4.33. The summed E-state index contributed by atoms with van der Waals surface area (Å²) in [5, 5.41) is 2.22. The molecule has 0 aliphatic carbocycles. The lowest BCUT2D eigenvalue weighted by Crippen LogP contribution is -2.54. The molecule has 9 heteroatoms. The number of carbonyl (C=O) groups excluding carboxylic acids is 3. The highest BCUT2D eigenvalue weighted by molar-refractivity contribution is 9.10. The average Bonchev–Trinajstić information content (AvgIpc) is 2.81. The van der Waals surface area contributed by atoms with Gasteiger partial charge in [-0.25, -0.2) is 9.69 Å². The summed E-state index contributed by atoms with van der Waals surface area (Å²) in [6.07, 6.45) is 1.41. The van der Waals surface area contributed by atoms with Crippen molar-refractivity contribution < 1.29 is 23.9 Å². The standard InChI is InChI=1S/C25H18Br2N2O5/c1-33-21-12-16(11-20(27)22(21)34-14-15-6-3-2-4-7-15)10-19-23(30)28-25(32)29(24(19)31)18-9-5-8-17(26)13-18/h2-13H,14H2,1H3,(H,28,30,32). The molecule has 0 saturated carbocycles. The number of amides is 4. The third-order valence-electron chi connectivity index (χ3n) is 4.96. The molecule has 4 rings (SSSR count). The van der Waals surface area contributed by atoms with Gasteiger partial charge in [0.2, 0.25) is 0 Å². The van der Waals surface area contributed by atoms with Crippen molar-refractivity contribution >= 4 is 61.5 Å². The van der Waals surface area contributed by atoms with Crippen molar-refractivity contribution in [2.75, 3.05) is 12.0 Å². The highest BCUT2D eigenvalue weighted by Gasteiger charge is 2.37. The van der Waals surface area contributed by atoms with Crippen LogP contribution in [-0.2, 0) is 16.2 Å². The van der Waals surface area contributed by atoms with Gasteiger partial charge in [-0.1, -0.05) is 52.3 Å². The number of barbiturate groups is 1. The molecule has 7 nitrogen and oxygen atoms in total. The van der Waals surface area contributed by atoms with Crippen LogP contribution in [0.2, 0.25) is 0 Å². The summed E-state index contributed by atoms with van der Waals surface area (Å²) < 4.78 is 12.7. The Balaban J connectivity index is 1.65. The van der Waals surface area contributed by atoms with Crippen LogP contribution in [-0.4, -0.2) is 25.0 Å². The number of methoxy groups -OCH3 is 1. The number of imide groups is 2. The molecule has 1 aliphatic heterocycles. The molecular weight excluding hydrogens is 568 g/mol. The number of carbonyl (C=O) groups is 3. The van der Waals surface area contributed by atoms with Crippen LogP contribution in [0.15, 0.2) is 81.2 Å². The molecule has 0 radical (unpaired) electrons. The molecule has 1 fully saturated rings. The van der Waals surface area contributed by atoms with E-state index in [1.165, 1.54) is 13.2 Å². The molecule has 0 unspecified atom stereocenters. The molecule has 4 amide bonds. The highest BCUT2D eigenvalue weighted by atomic mass is 79.9. The van der Waals surface area contributed by atoms with Crippen molar-refractivity contribution in [1.29, 1.82) is 0 Å². The Hall–Kier alpha value is -3.43. The minimum Gasteiger partial charge on any atom is -0.493 e. The Labute approximate surface area is 212 Å². The maximum Gasteiger partial charge on any atom is 0.335 e. The van der Waals surface area contributed by atoms with Gasteiger partial charge >= 0.3 is 6.03 Å². The van der Waals surface area contributed by atoms with Crippen molar-refractivity contribution in [2.45, 2.75) is 6.61 Å². The summed E-state index contributed by atoms with van der Waals surface area (Å²) in [6.45, 7) is 0.334. The van der Waals surface area contributed by atoms with Crippen LogP contribution in [0.3, 0.4) is 0 Å². The summed E-state index contributed by atoms with van der Waals surface area (Å²) in [7, 11) is 1.50. The summed E-state index contributed by atoms with van der Waals surface area (Å²) in [5.41, 5.74) is 1.65. The fourth-order valence-electron chi connectivity index (χ4n) is 3.37. The van der Waals surface area contributed by atoms with Gasteiger partial charge < -0.3 is 9.47 Å². The largest absolute Gasteiger partial charge is 0.493 e. The number of halogens is 2. The van der Waals surface area contributed by atoms with Gasteiger partial charge in [-0.15, -0.1) is 0 Å². The zero-order valence-corrected chi connectivity index (χ0v) is 21.1. The first-order valence-electron chi connectivity index (χ1n) is 10.1. The first-order chi connectivity index (χ1) is 16.4. The third-order valence-corrected chi connectivity index (χ3v) is 6.04. The van der Waals surface area contributed by atoms with Gasteiger partial charge in [0.15, 0.2) is 11.5 Å². The number of anilines is 1. The van der Waals surface area contributed by atoms with Crippen molar-refractivity contribution in [3.05, 3.63) is 92.4 Å². The van der Waals surface area contributed by atoms with E-state index in [0.717, 1.165) is 10.5 Å². The van der Waals surface area contributed by atoms with Crippen molar-refractivity contribution in [3.8, 4) is 11.5 Å². The van der Waals surface area contributed by atoms with Gasteiger partial charge in [0.1, 0.15) is 12.2 Å². The highest BCUT2D eigenvalue weighted by Crippen LogP contribution is 2.38. The minimum atomic E-state index is -0.811. The van der Waals surface area contributed by atoms with Gasteiger partial charge in [-0.05, 0) is 63.5 Å². The smallest absolute Gasteiger partial charge is 0.335 e. The molecule has 0 atom stereocenters. The molecule has 0 aromatic heterocycles. The fraction of sp³-hybridized carbons (Fsp3) is 0.0800. The lowest BCUT2D eigenvalue weighted by molar-refractivity contribution is -0.122. The molecule has 1 heterocycles. The van der Waals surface area contributed by atoms with Gasteiger partial charge in [0, 0.05) is 4.47 Å². The molecule has 3 aromatic rings. The number of hydrogen-bond acceptors (Lipinski definition) is 5. The summed E-state index contributed by atoms with van der Waals surface area (Å²) >= 11 is 6.81. The quantitative estimate of drug-likeness (QED) is 0.306. The number of rotatable bonds is 6. The molecule has 1 N–H and O–H groups in total. The molecule has 0 spiro atoms. The van der Waals surface area contributed by atoms with Gasteiger partial charge in [0.25, 0.3) is 11.8 Å². The van der Waals surface area contributed by atoms with Crippen LogP contribution in [0, 0.1) is 0 Å². The first kappa shape index (κ1) is 23.7. The van der Waals surface area contributed by atoms with E-state index in [-0.39, 0.29) is 5.57 Å². The van der Waals surface area contributed by atoms with E-state index >= 15 is 0 Å². The second kappa shape index (κ2) is 10.2. The van der Waals surface area contributed by atoms with Crippen LogP contribution < -0.4 is 19.7 Å². The Kier molecular flexibility index (Phi) is 7.14. The van der Waals surface area contributed by atoms with Crippen molar-refractivity contribution in [1.82, 2.24) is 5.32 Å². The van der Waals surface area contributed by atoms with Crippen LogP contribution >= 0.6 is 31.9 Å². The Morgan fingerprint density at radius 3 is 2.44 bits per heavy atom. The second-order valence-corrected chi connectivity index (χ2v) is 9.02. The molecule has 1 saturated heterocycles. The minimum absolute atomic E-state index is 0.188. The van der Waals surface area contributed by atoms with Crippen molar-refractivity contribution in [2.24, 2.45) is 0 Å². The van der Waals surface area contributed by atoms with Crippen molar-refractivity contribution in [3.63, 3.8) is 0 Å². The van der Waals surface area contributed by atoms with E-state index in [9.17, 15) is 14.4 Å². The average molecular weight is 586 g/mol. The molecule has 34 heavy (non-hydrogen) atoms. The van der Waals surface area contributed by atoms with Gasteiger partial charge in [-0.3, -0.25) is 14.9 Å². The number of nitrogens with one attached hydrogen (secondary N) is 1. The van der Waals surface area contributed by atoms with E-state index in [2.05, 4.69) is 37.2 Å². The normalized spacial score (nSPS) is 14.9. The summed E-state index contributed by atoms with van der Waals surface area (Å²) in [5.74, 6) is -0.605. The van der Waals surface area contributed by atoms with E-state index in [4.69, 9.17) is 9.47 Å². The monoisotopic (exact) mass is 584 g/mol. The molecule has 1 aliphatic rings. The SMILES string of the molecule is COc1cc(C=C2C(=O)NC(=O)N(c3cccc(Br)c3)C2=O)cc(Br)c1OCc1ccccc1. The summed E-state index contributed by atoms with van der Waals surface area (Å²) in [4.78, 5) is 38.9. The topological polar surface area (TPSA) is 84.9 Å². The lowest BCUT2D eigenvalue weighted by Gasteiger charge is -2.26. The number of benzene rings is 3. The zero-order valence-electron chi connectivity index (χ0n) is 17.9. The molecule has 0 bridgehead atoms. The Morgan fingerprint density at radius 2 is 1.74 bits per heavy atom. The zero-order chi connectivity index (χ0) is 24.2. The Bertz CT molecular complexity index is 1310. The van der Waals surface area contributed by atoms with Crippen LogP contribution in [0.25, 0.3) is 6.08 Å².